The highest BCUT2D eigenvalue weighted by Crippen LogP contribution is 2.27. The summed E-state index contributed by atoms with van der Waals surface area (Å²) in [5, 5.41) is 17.4. The molecule has 1 aliphatic rings. The maximum absolute atomic E-state index is 12.4. The molecule has 1 aromatic heterocycles. The lowest BCUT2D eigenvalue weighted by Gasteiger charge is -2.27. The van der Waals surface area contributed by atoms with E-state index >= 15 is 0 Å². The van der Waals surface area contributed by atoms with Gasteiger partial charge >= 0.3 is 6.03 Å². The summed E-state index contributed by atoms with van der Waals surface area (Å²) >= 11 is 1.63. The van der Waals surface area contributed by atoms with Crippen molar-refractivity contribution in [2.75, 3.05) is 6.54 Å². The molecule has 0 radical (unpaired) electrons. The predicted molar refractivity (Wildman–Crippen MR) is 92.3 cm³/mol. The van der Waals surface area contributed by atoms with Gasteiger partial charge in [0.05, 0.1) is 6.10 Å². The van der Waals surface area contributed by atoms with Crippen LogP contribution in [0.5, 0.6) is 0 Å². The van der Waals surface area contributed by atoms with Crippen LogP contribution in [0.3, 0.4) is 0 Å². The molecule has 3 rings (SSSR count). The van der Waals surface area contributed by atoms with Crippen LogP contribution in [0.15, 0.2) is 47.2 Å². The number of aliphatic hydroxyl groups excluding tert-OH is 1. The normalized spacial score (nSPS) is 18.8. The number of aliphatic hydroxyl groups is 1. The van der Waals surface area contributed by atoms with Gasteiger partial charge in [-0.25, -0.2) is 4.79 Å². The van der Waals surface area contributed by atoms with Crippen molar-refractivity contribution >= 4 is 17.4 Å². The minimum Gasteiger partial charge on any atom is -0.388 e. The molecular formula is C18H22N2O2S. The van der Waals surface area contributed by atoms with E-state index in [0.717, 1.165) is 30.5 Å². The van der Waals surface area contributed by atoms with Crippen molar-refractivity contribution in [1.82, 2.24) is 10.2 Å². The van der Waals surface area contributed by atoms with Gasteiger partial charge in [0.25, 0.3) is 0 Å². The number of urea groups is 1. The van der Waals surface area contributed by atoms with Gasteiger partial charge in [0.15, 0.2) is 0 Å². The molecule has 5 heteroatoms. The summed E-state index contributed by atoms with van der Waals surface area (Å²) in [5.74, 6) is 0. The second-order valence-electron chi connectivity index (χ2n) is 5.94. The topological polar surface area (TPSA) is 52.6 Å². The molecule has 2 heterocycles. The van der Waals surface area contributed by atoms with Gasteiger partial charge in [-0.05, 0) is 47.2 Å². The molecule has 4 nitrogen and oxygen atoms in total. The molecule has 2 atom stereocenters. The fourth-order valence-corrected chi connectivity index (χ4v) is 3.76. The molecule has 2 N–H and O–H groups in total. The smallest absolute Gasteiger partial charge is 0.317 e. The number of carbonyl (C=O) groups excluding carboxylic acids is 1. The largest absolute Gasteiger partial charge is 0.388 e. The first-order chi connectivity index (χ1) is 11.2. The second-order valence-corrected chi connectivity index (χ2v) is 6.72. The van der Waals surface area contributed by atoms with E-state index in [2.05, 4.69) is 5.32 Å². The number of nitrogens with one attached hydrogen (secondary N) is 1. The van der Waals surface area contributed by atoms with Crippen molar-refractivity contribution in [2.24, 2.45) is 0 Å². The Morgan fingerprint density at radius 2 is 2.17 bits per heavy atom. The number of benzene rings is 1. The summed E-state index contributed by atoms with van der Waals surface area (Å²) in [5.41, 5.74) is 2.04. The lowest BCUT2D eigenvalue weighted by Crippen LogP contribution is -2.43. The van der Waals surface area contributed by atoms with E-state index in [0.29, 0.717) is 13.0 Å². The number of amides is 2. The molecule has 2 aromatic rings. The third kappa shape index (κ3) is 4.12. The van der Waals surface area contributed by atoms with Crippen LogP contribution in [-0.4, -0.2) is 28.6 Å². The Bertz CT molecular complexity index is 615. The Morgan fingerprint density at radius 3 is 2.91 bits per heavy atom. The van der Waals surface area contributed by atoms with E-state index in [9.17, 15) is 9.90 Å². The van der Waals surface area contributed by atoms with E-state index in [4.69, 9.17) is 0 Å². The van der Waals surface area contributed by atoms with Crippen molar-refractivity contribution in [3.05, 3.63) is 58.3 Å². The van der Waals surface area contributed by atoms with E-state index in [1.165, 1.54) is 0 Å². The quantitative estimate of drug-likeness (QED) is 0.881. The highest BCUT2D eigenvalue weighted by molar-refractivity contribution is 7.07. The Balaban J connectivity index is 1.55. The standard InChI is InChI=1S/C18H22N2O2S/c21-17(15-5-2-1-3-6-15)11-16-7-4-9-20(16)18(22)19-12-14-8-10-23-13-14/h1-3,5-6,8,10,13,16-17,21H,4,7,9,11-12H2,(H,19,22)/t16-,17-/m1/s1. The zero-order valence-corrected chi connectivity index (χ0v) is 13.8. The van der Waals surface area contributed by atoms with Gasteiger partial charge in [-0.3, -0.25) is 0 Å². The lowest BCUT2D eigenvalue weighted by atomic mass is 10.0. The van der Waals surface area contributed by atoms with E-state index in [1.54, 1.807) is 11.3 Å². The van der Waals surface area contributed by atoms with Gasteiger partial charge in [-0.15, -0.1) is 0 Å². The Labute approximate surface area is 140 Å². The van der Waals surface area contributed by atoms with Crippen LogP contribution < -0.4 is 5.32 Å². The summed E-state index contributed by atoms with van der Waals surface area (Å²) < 4.78 is 0. The average molecular weight is 330 g/mol. The van der Waals surface area contributed by atoms with E-state index in [1.807, 2.05) is 52.1 Å². The van der Waals surface area contributed by atoms with Gasteiger partial charge in [0, 0.05) is 19.1 Å². The molecule has 1 aliphatic heterocycles. The summed E-state index contributed by atoms with van der Waals surface area (Å²) in [6.07, 6.45) is 2.02. The van der Waals surface area contributed by atoms with Crippen molar-refractivity contribution in [3.8, 4) is 0 Å². The molecule has 0 saturated carbocycles. The van der Waals surface area contributed by atoms with Crippen molar-refractivity contribution in [2.45, 2.75) is 38.0 Å². The van der Waals surface area contributed by atoms with Gasteiger partial charge < -0.3 is 15.3 Å². The minimum atomic E-state index is -0.522. The molecule has 0 bridgehead atoms. The van der Waals surface area contributed by atoms with Crippen LogP contribution in [0.25, 0.3) is 0 Å². The average Bonchev–Trinajstić information content (AvgIpc) is 3.25. The van der Waals surface area contributed by atoms with Crippen LogP contribution in [0.2, 0.25) is 0 Å². The number of hydrogen-bond acceptors (Lipinski definition) is 3. The highest BCUT2D eigenvalue weighted by atomic mass is 32.1. The number of hydrogen-bond donors (Lipinski definition) is 2. The van der Waals surface area contributed by atoms with Gasteiger partial charge in [-0.2, -0.15) is 11.3 Å². The fraction of sp³-hybridized carbons (Fsp3) is 0.389. The van der Waals surface area contributed by atoms with Crippen molar-refractivity contribution < 1.29 is 9.90 Å². The van der Waals surface area contributed by atoms with Crippen LogP contribution >= 0.6 is 11.3 Å². The number of nitrogens with zero attached hydrogens (tertiary/aromatic N) is 1. The maximum atomic E-state index is 12.4. The number of rotatable bonds is 5. The molecule has 0 spiro atoms. The Kier molecular flexibility index (Phi) is 5.31. The Morgan fingerprint density at radius 1 is 1.35 bits per heavy atom. The first-order valence-corrected chi connectivity index (χ1v) is 8.97. The third-order valence-electron chi connectivity index (χ3n) is 4.34. The molecule has 0 aliphatic carbocycles. The van der Waals surface area contributed by atoms with Crippen molar-refractivity contribution in [1.29, 1.82) is 0 Å². The van der Waals surface area contributed by atoms with Crippen LogP contribution in [-0.2, 0) is 6.54 Å². The molecule has 23 heavy (non-hydrogen) atoms. The summed E-state index contributed by atoms with van der Waals surface area (Å²) in [4.78, 5) is 14.3. The van der Waals surface area contributed by atoms with E-state index < -0.39 is 6.10 Å². The second kappa shape index (κ2) is 7.62. The first kappa shape index (κ1) is 16.0. The summed E-state index contributed by atoms with van der Waals surface area (Å²) in [7, 11) is 0. The lowest BCUT2D eigenvalue weighted by molar-refractivity contribution is 0.126. The molecule has 1 aromatic carbocycles. The van der Waals surface area contributed by atoms with Gasteiger partial charge in [0.2, 0.25) is 0 Å². The highest BCUT2D eigenvalue weighted by Gasteiger charge is 2.30. The zero-order valence-electron chi connectivity index (χ0n) is 13.0. The molecule has 2 amide bonds. The number of carbonyl (C=O) groups is 1. The van der Waals surface area contributed by atoms with Gasteiger partial charge in [0.1, 0.15) is 0 Å². The molecule has 0 unspecified atom stereocenters. The molecule has 1 saturated heterocycles. The SMILES string of the molecule is O=C(NCc1ccsc1)N1CCC[C@@H]1C[C@@H](O)c1ccccc1. The number of likely N-dealkylation sites (tertiary alicyclic amines) is 1. The zero-order chi connectivity index (χ0) is 16.1. The van der Waals surface area contributed by atoms with Crippen molar-refractivity contribution in [3.63, 3.8) is 0 Å². The number of thiophene rings is 1. The van der Waals surface area contributed by atoms with E-state index in [-0.39, 0.29) is 12.1 Å². The Hall–Kier alpha value is -1.85. The first-order valence-electron chi connectivity index (χ1n) is 8.02. The fourth-order valence-electron chi connectivity index (χ4n) is 3.09. The van der Waals surface area contributed by atoms with Crippen LogP contribution in [0.4, 0.5) is 4.79 Å². The minimum absolute atomic E-state index is 0.0287. The monoisotopic (exact) mass is 330 g/mol. The summed E-state index contributed by atoms with van der Waals surface area (Å²) in [6, 6.07) is 11.8. The molecule has 1 fully saturated rings. The van der Waals surface area contributed by atoms with Gasteiger partial charge in [-0.1, -0.05) is 30.3 Å². The molecular weight excluding hydrogens is 308 g/mol. The van der Waals surface area contributed by atoms with Crippen LogP contribution in [0.1, 0.15) is 36.5 Å². The molecule has 122 valence electrons. The van der Waals surface area contributed by atoms with Crippen LogP contribution in [0, 0.1) is 0 Å². The maximum Gasteiger partial charge on any atom is 0.317 e. The summed E-state index contributed by atoms with van der Waals surface area (Å²) in [6.45, 7) is 1.33. The third-order valence-corrected chi connectivity index (χ3v) is 5.07. The predicted octanol–water partition coefficient (Wildman–Crippen LogP) is 3.55.